The van der Waals surface area contributed by atoms with Crippen molar-refractivity contribution in [1.82, 2.24) is 10.2 Å². The lowest BCUT2D eigenvalue weighted by Crippen LogP contribution is -2.46. The molecule has 0 spiro atoms. The highest BCUT2D eigenvalue weighted by Gasteiger charge is 2.32. The number of nitrogens with one attached hydrogen (secondary N) is 1. The van der Waals surface area contributed by atoms with Gasteiger partial charge in [0.2, 0.25) is 0 Å². The van der Waals surface area contributed by atoms with Crippen molar-refractivity contribution >= 4 is 17.9 Å². The normalized spacial score (nSPS) is 13.9. The minimum atomic E-state index is -1.17. The number of imide groups is 1. The lowest BCUT2D eigenvalue weighted by Gasteiger charge is -2.21. The Labute approximate surface area is 110 Å². The molecule has 0 saturated heterocycles. The summed E-state index contributed by atoms with van der Waals surface area (Å²) in [5, 5.41) is 10.5. The van der Waals surface area contributed by atoms with Crippen LogP contribution >= 0.6 is 0 Å². The summed E-state index contributed by atoms with van der Waals surface area (Å²) >= 11 is 0. The molecule has 108 valence electrons. The van der Waals surface area contributed by atoms with Gasteiger partial charge in [-0.15, -0.1) is 0 Å². The van der Waals surface area contributed by atoms with Crippen LogP contribution < -0.4 is 5.32 Å². The number of carboxylic acid groups (broad SMARTS) is 1. The molecule has 0 heterocycles. The van der Waals surface area contributed by atoms with E-state index in [4.69, 9.17) is 9.84 Å². The van der Waals surface area contributed by atoms with Gasteiger partial charge in [0.25, 0.3) is 5.91 Å². The maximum Gasteiger partial charge on any atom is 0.329 e. The van der Waals surface area contributed by atoms with Crippen molar-refractivity contribution in [2.24, 2.45) is 0 Å². The number of nitrogens with zero attached hydrogens (tertiary/aromatic N) is 1. The molecule has 0 bridgehead atoms. The summed E-state index contributed by atoms with van der Waals surface area (Å²) in [6.07, 6.45) is 1.83. The smallest absolute Gasteiger partial charge is 0.329 e. The minimum Gasteiger partial charge on any atom is -0.480 e. The number of amides is 3. The molecule has 0 aliphatic heterocycles. The van der Waals surface area contributed by atoms with Crippen LogP contribution in [0, 0.1) is 0 Å². The van der Waals surface area contributed by atoms with Crippen LogP contribution in [0.3, 0.4) is 0 Å². The molecular formula is C11H18N2O6. The van der Waals surface area contributed by atoms with E-state index in [1.165, 1.54) is 7.11 Å². The predicted octanol–water partition coefficient (Wildman–Crippen LogP) is -0.565. The largest absolute Gasteiger partial charge is 0.480 e. The Balaban J connectivity index is 2.30. The monoisotopic (exact) mass is 274 g/mol. The van der Waals surface area contributed by atoms with Crippen LogP contribution in [-0.4, -0.2) is 67.4 Å². The lowest BCUT2D eigenvalue weighted by atomic mass is 10.5. The van der Waals surface area contributed by atoms with E-state index in [-0.39, 0.29) is 6.04 Å². The highest BCUT2D eigenvalue weighted by atomic mass is 16.5. The minimum absolute atomic E-state index is 0.155. The third-order valence-corrected chi connectivity index (χ3v) is 2.49. The molecule has 19 heavy (non-hydrogen) atoms. The van der Waals surface area contributed by atoms with E-state index in [0.29, 0.717) is 13.2 Å². The molecule has 8 heteroatoms. The maximum atomic E-state index is 11.8. The van der Waals surface area contributed by atoms with Crippen LogP contribution in [-0.2, 0) is 19.1 Å². The molecule has 0 unspecified atom stereocenters. The van der Waals surface area contributed by atoms with Gasteiger partial charge in [-0.25, -0.2) is 9.59 Å². The first-order valence-electron chi connectivity index (χ1n) is 5.93. The Bertz CT molecular complexity index is 342. The van der Waals surface area contributed by atoms with Gasteiger partial charge >= 0.3 is 12.0 Å². The average Bonchev–Trinajstić information content (AvgIpc) is 3.13. The summed E-state index contributed by atoms with van der Waals surface area (Å²) in [5.41, 5.74) is 0. The van der Waals surface area contributed by atoms with Gasteiger partial charge in [0, 0.05) is 19.7 Å². The second kappa shape index (κ2) is 7.70. The third-order valence-electron chi connectivity index (χ3n) is 2.49. The fourth-order valence-corrected chi connectivity index (χ4v) is 1.48. The molecule has 1 aliphatic rings. The second-order valence-electron chi connectivity index (χ2n) is 4.16. The van der Waals surface area contributed by atoms with Crippen LogP contribution in [0.1, 0.15) is 12.8 Å². The maximum absolute atomic E-state index is 11.8. The summed E-state index contributed by atoms with van der Waals surface area (Å²) in [5.74, 6) is -1.83. The van der Waals surface area contributed by atoms with E-state index >= 15 is 0 Å². The fraction of sp³-hybridized carbons (Fsp3) is 0.727. The molecule has 0 aromatic carbocycles. The molecule has 1 rings (SSSR count). The first kappa shape index (κ1) is 15.4. The lowest BCUT2D eigenvalue weighted by molar-refractivity contribution is -0.143. The topological polar surface area (TPSA) is 105 Å². The number of aliphatic carboxylic acids is 1. The predicted molar refractivity (Wildman–Crippen MR) is 63.6 cm³/mol. The number of carboxylic acids is 1. The molecule has 1 aliphatic carbocycles. The number of carbonyl (C=O) groups excluding carboxylic acids is 2. The standard InChI is InChI=1S/C11H18N2O6/c1-18-5-4-13(8-2-3-8)11(17)12-9(14)6-19-7-10(15)16/h8H,2-7H2,1H3,(H,15,16)(H,12,14,17). The summed E-state index contributed by atoms with van der Waals surface area (Å²) in [7, 11) is 1.54. The number of methoxy groups -OCH3 is 1. The van der Waals surface area contributed by atoms with Gasteiger partial charge in [0.15, 0.2) is 0 Å². The fourth-order valence-electron chi connectivity index (χ4n) is 1.48. The van der Waals surface area contributed by atoms with Crippen molar-refractivity contribution in [3.63, 3.8) is 0 Å². The molecule has 0 radical (unpaired) electrons. The molecule has 0 aromatic rings. The quantitative estimate of drug-likeness (QED) is 0.614. The summed E-state index contributed by atoms with van der Waals surface area (Å²) in [6.45, 7) is -0.220. The molecule has 3 amide bonds. The van der Waals surface area contributed by atoms with Crippen molar-refractivity contribution in [3.05, 3.63) is 0 Å². The van der Waals surface area contributed by atoms with Crippen LogP contribution in [0.5, 0.6) is 0 Å². The van der Waals surface area contributed by atoms with Crippen molar-refractivity contribution in [2.75, 3.05) is 33.5 Å². The van der Waals surface area contributed by atoms with Crippen LogP contribution in [0.15, 0.2) is 0 Å². The van der Waals surface area contributed by atoms with Crippen LogP contribution in [0.2, 0.25) is 0 Å². The molecule has 1 saturated carbocycles. The van der Waals surface area contributed by atoms with Crippen molar-refractivity contribution in [1.29, 1.82) is 0 Å². The summed E-state index contributed by atoms with van der Waals surface area (Å²) in [6, 6.07) is -0.341. The van der Waals surface area contributed by atoms with Gasteiger partial charge in [-0.1, -0.05) is 0 Å². The number of carbonyl (C=O) groups is 3. The van der Waals surface area contributed by atoms with Crippen molar-refractivity contribution < 1.29 is 29.0 Å². The Morgan fingerprint density at radius 3 is 2.53 bits per heavy atom. The van der Waals surface area contributed by atoms with Crippen molar-refractivity contribution in [2.45, 2.75) is 18.9 Å². The molecule has 2 N–H and O–H groups in total. The highest BCUT2D eigenvalue weighted by Crippen LogP contribution is 2.26. The summed E-state index contributed by atoms with van der Waals surface area (Å²) in [4.78, 5) is 34.9. The number of ether oxygens (including phenoxy) is 2. The van der Waals surface area contributed by atoms with Gasteiger partial charge in [-0.3, -0.25) is 10.1 Å². The number of hydrogen-bond acceptors (Lipinski definition) is 5. The van der Waals surface area contributed by atoms with Crippen molar-refractivity contribution in [3.8, 4) is 0 Å². The molecule has 0 atom stereocenters. The zero-order valence-electron chi connectivity index (χ0n) is 10.8. The van der Waals surface area contributed by atoms with E-state index in [9.17, 15) is 14.4 Å². The highest BCUT2D eigenvalue weighted by molar-refractivity contribution is 5.95. The van der Waals surface area contributed by atoms with E-state index in [1.54, 1.807) is 4.90 Å². The van der Waals surface area contributed by atoms with Crippen LogP contribution in [0.4, 0.5) is 4.79 Å². The van der Waals surface area contributed by atoms with Gasteiger partial charge in [-0.05, 0) is 12.8 Å². The van der Waals surface area contributed by atoms with Gasteiger partial charge in [-0.2, -0.15) is 0 Å². The SMILES string of the molecule is COCCN(C(=O)NC(=O)COCC(=O)O)C1CC1. The van der Waals surface area contributed by atoms with Gasteiger partial charge in [0.1, 0.15) is 13.2 Å². The average molecular weight is 274 g/mol. The zero-order valence-corrected chi connectivity index (χ0v) is 10.8. The number of hydrogen-bond donors (Lipinski definition) is 2. The first-order chi connectivity index (χ1) is 9.04. The first-order valence-corrected chi connectivity index (χ1v) is 5.93. The molecular weight excluding hydrogens is 256 g/mol. The number of rotatable bonds is 8. The third kappa shape index (κ3) is 6.16. The Hall–Kier alpha value is -1.67. The number of urea groups is 1. The Kier molecular flexibility index (Phi) is 6.23. The van der Waals surface area contributed by atoms with E-state index < -0.39 is 31.1 Å². The molecule has 8 nitrogen and oxygen atoms in total. The van der Waals surface area contributed by atoms with Gasteiger partial charge < -0.3 is 19.5 Å². The Morgan fingerprint density at radius 1 is 1.32 bits per heavy atom. The second-order valence-corrected chi connectivity index (χ2v) is 4.16. The van der Waals surface area contributed by atoms with E-state index in [0.717, 1.165) is 12.8 Å². The molecule has 0 aromatic heterocycles. The van der Waals surface area contributed by atoms with Gasteiger partial charge in [0.05, 0.1) is 6.61 Å². The van der Waals surface area contributed by atoms with Crippen LogP contribution in [0.25, 0.3) is 0 Å². The Morgan fingerprint density at radius 2 is 2.00 bits per heavy atom. The molecule has 1 fully saturated rings. The van der Waals surface area contributed by atoms with E-state index in [2.05, 4.69) is 10.1 Å². The summed E-state index contributed by atoms with van der Waals surface area (Å²) < 4.78 is 9.49. The zero-order chi connectivity index (χ0) is 14.3. The van der Waals surface area contributed by atoms with E-state index in [1.807, 2.05) is 0 Å².